The van der Waals surface area contributed by atoms with Crippen LogP contribution in [0.4, 0.5) is 0 Å². The number of fused-ring (bicyclic) bond motifs is 3. The number of nitrogens with zero attached hydrogens (tertiary/aromatic N) is 1. The monoisotopic (exact) mass is 479 g/mol. The summed E-state index contributed by atoms with van der Waals surface area (Å²) in [6.45, 7) is 8.46. The molecule has 1 fully saturated rings. The van der Waals surface area contributed by atoms with Gasteiger partial charge in [-0.15, -0.1) is 11.8 Å². The molecule has 2 aliphatic heterocycles. The zero-order valence-corrected chi connectivity index (χ0v) is 21.0. The first-order chi connectivity index (χ1) is 16.2. The van der Waals surface area contributed by atoms with Gasteiger partial charge < -0.3 is 15.5 Å². The fourth-order valence-electron chi connectivity index (χ4n) is 4.82. The molecule has 180 valence electrons. The number of benzene rings is 2. The van der Waals surface area contributed by atoms with Gasteiger partial charge >= 0.3 is 0 Å². The Bertz CT molecular complexity index is 1070. The Morgan fingerprint density at radius 1 is 1.09 bits per heavy atom. The Kier molecular flexibility index (Phi) is 7.03. The first-order valence-electron chi connectivity index (χ1n) is 12.0. The SMILES string of the molecule is CC[C@@H](C)[C@H](NC(=O)[C@H]1N2C(=O)c3ccccc3[C@H]2SC1(C)C)C(=O)NCCc1ccccc1. The molecule has 6 nitrogen and oxygen atoms in total. The minimum Gasteiger partial charge on any atom is -0.354 e. The van der Waals surface area contributed by atoms with E-state index in [4.69, 9.17) is 0 Å². The molecule has 0 radical (unpaired) electrons. The molecular weight excluding hydrogens is 446 g/mol. The van der Waals surface area contributed by atoms with E-state index in [1.807, 2.05) is 82.3 Å². The lowest BCUT2D eigenvalue weighted by atomic mass is 9.95. The lowest BCUT2D eigenvalue weighted by Gasteiger charge is -2.32. The number of carbonyl (C=O) groups excluding carboxylic acids is 3. The summed E-state index contributed by atoms with van der Waals surface area (Å²) in [5.74, 6) is -0.620. The standard InChI is InChI=1S/C27H33N3O3S/c1-5-17(2)21(23(31)28-16-15-18-11-7-6-8-12-18)29-24(32)22-27(3,4)34-26-20-14-10-9-13-19(20)25(33)30(22)26/h6-14,17,21-22,26H,5,15-16H2,1-4H3,(H,28,31)(H,29,32)/t17-,21+,22-,26-/m1/s1. The van der Waals surface area contributed by atoms with Crippen molar-refractivity contribution >= 4 is 29.5 Å². The second-order valence-corrected chi connectivity index (χ2v) is 11.4. The topological polar surface area (TPSA) is 78.5 Å². The fourth-order valence-corrected chi connectivity index (χ4v) is 6.41. The van der Waals surface area contributed by atoms with E-state index in [0.29, 0.717) is 12.1 Å². The molecule has 7 heteroatoms. The molecule has 4 rings (SSSR count). The molecule has 0 aliphatic carbocycles. The third-order valence-electron chi connectivity index (χ3n) is 6.89. The van der Waals surface area contributed by atoms with Crippen LogP contribution >= 0.6 is 11.8 Å². The van der Waals surface area contributed by atoms with Crippen LogP contribution in [0.1, 0.15) is 61.0 Å². The van der Waals surface area contributed by atoms with Crippen LogP contribution in [0.5, 0.6) is 0 Å². The quantitative estimate of drug-likeness (QED) is 0.602. The van der Waals surface area contributed by atoms with Gasteiger partial charge in [0.05, 0.1) is 0 Å². The van der Waals surface area contributed by atoms with Crippen molar-refractivity contribution in [2.75, 3.05) is 6.54 Å². The lowest BCUT2D eigenvalue weighted by Crippen LogP contribution is -2.58. The summed E-state index contributed by atoms with van der Waals surface area (Å²) in [7, 11) is 0. The molecule has 0 saturated carbocycles. The average Bonchev–Trinajstić information content (AvgIpc) is 3.26. The molecule has 1 saturated heterocycles. The van der Waals surface area contributed by atoms with Crippen molar-refractivity contribution in [3.05, 3.63) is 71.3 Å². The van der Waals surface area contributed by atoms with E-state index >= 15 is 0 Å². The van der Waals surface area contributed by atoms with E-state index in [2.05, 4.69) is 10.6 Å². The number of carbonyl (C=O) groups is 3. The normalized spacial score (nSPS) is 22.0. The Balaban J connectivity index is 1.48. The summed E-state index contributed by atoms with van der Waals surface area (Å²) in [6, 6.07) is 16.2. The number of rotatable bonds is 8. The summed E-state index contributed by atoms with van der Waals surface area (Å²) < 4.78 is -0.484. The molecule has 0 aromatic heterocycles. The Hall–Kier alpha value is -2.80. The molecule has 0 unspecified atom stereocenters. The Morgan fingerprint density at radius 2 is 1.76 bits per heavy atom. The largest absolute Gasteiger partial charge is 0.354 e. The number of thioether (sulfide) groups is 1. The van der Waals surface area contributed by atoms with Crippen LogP contribution in [0, 0.1) is 5.92 Å². The Labute approximate surface area is 205 Å². The van der Waals surface area contributed by atoms with Crippen LogP contribution in [-0.4, -0.2) is 46.0 Å². The maximum absolute atomic E-state index is 13.6. The number of nitrogens with one attached hydrogen (secondary N) is 2. The average molecular weight is 480 g/mol. The van der Waals surface area contributed by atoms with Crippen LogP contribution in [-0.2, 0) is 16.0 Å². The Morgan fingerprint density at radius 3 is 2.47 bits per heavy atom. The van der Waals surface area contributed by atoms with Gasteiger partial charge in [-0.05, 0) is 43.4 Å². The van der Waals surface area contributed by atoms with Gasteiger partial charge in [-0.3, -0.25) is 14.4 Å². The third kappa shape index (κ3) is 4.58. The number of hydrogen-bond donors (Lipinski definition) is 2. The van der Waals surface area contributed by atoms with Gasteiger partial charge in [0.25, 0.3) is 5.91 Å². The molecule has 4 atom stereocenters. The van der Waals surface area contributed by atoms with E-state index in [0.717, 1.165) is 24.0 Å². The van der Waals surface area contributed by atoms with Crippen molar-refractivity contribution in [1.29, 1.82) is 0 Å². The van der Waals surface area contributed by atoms with E-state index in [1.54, 1.807) is 16.7 Å². The van der Waals surface area contributed by atoms with Crippen LogP contribution in [0.2, 0.25) is 0 Å². The van der Waals surface area contributed by atoms with E-state index in [1.165, 1.54) is 0 Å². The molecule has 2 N–H and O–H groups in total. The van der Waals surface area contributed by atoms with Crippen molar-refractivity contribution in [1.82, 2.24) is 15.5 Å². The smallest absolute Gasteiger partial charge is 0.256 e. The molecule has 0 spiro atoms. The summed E-state index contributed by atoms with van der Waals surface area (Å²) >= 11 is 1.63. The van der Waals surface area contributed by atoms with Gasteiger partial charge in [-0.2, -0.15) is 0 Å². The molecule has 34 heavy (non-hydrogen) atoms. The van der Waals surface area contributed by atoms with Crippen LogP contribution in [0.15, 0.2) is 54.6 Å². The van der Waals surface area contributed by atoms with Crippen molar-refractivity contribution in [3.8, 4) is 0 Å². The molecule has 2 aromatic rings. The second-order valence-electron chi connectivity index (χ2n) is 9.67. The predicted molar refractivity (Wildman–Crippen MR) is 135 cm³/mol. The zero-order valence-electron chi connectivity index (χ0n) is 20.2. The van der Waals surface area contributed by atoms with Crippen LogP contribution < -0.4 is 10.6 Å². The molecular formula is C27H33N3O3S. The molecule has 0 bridgehead atoms. The van der Waals surface area contributed by atoms with E-state index in [-0.39, 0.29) is 29.0 Å². The van der Waals surface area contributed by atoms with Crippen LogP contribution in [0.3, 0.4) is 0 Å². The highest BCUT2D eigenvalue weighted by Crippen LogP contribution is 2.56. The zero-order chi connectivity index (χ0) is 24.5. The lowest BCUT2D eigenvalue weighted by molar-refractivity contribution is -0.132. The summed E-state index contributed by atoms with van der Waals surface area (Å²) in [4.78, 5) is 41.7. The van der Waals surface area contributed by atoms with Gasteiger partial charge in [0, 0.05) is 16.9 Å². The minimum atomic E-state index is -0.661. The highest BCUT2D eigenvalue weighted by atomic mass is 32.2. The predicted octanol–water partition coefficient (Wildman–Crippen LogP) is 3.92. The first kappa shape index (κ1) is 24.3. The van der Waals surface area contributed by atoms with Gasteiger partial charge in [-0.25, -0.2) is 0 Å². The maximum Gasteiger partial charge on any atom is 0.256 e. The summed E-state index contributed by atoms with van der Waals surface area (Å²) in [5, 5.41) is 5.82. The van der Waals surface area contributed by atoms with Crippen molar-refractivity contribution in [2.24, 2.45) is 5.92 Å². The minimum absolute atomic E-state index is 0.0416. The summed E-state index contributed by atoms with van der Waals surface area (Å²) in [6.07, 6.45) is 1.47. The second kappa shape index (κ2) is 9.82. The van der Waals surface area contributed by atoms with Gasteiger partial charge in [0.2, 0.25) is 11.8 Å². The molecule has 2 heterocycles. The number of amides is 3. The fraction of sp³-hybridized carbons (Fsp3) is 0.444. The maximum atomic E-state index is 13.6. The van der Waals surface area contributed by atoms with Gasteiger partial charge in [0.1, 0.15) is 17.5 Å². The van der Waals surface area contributed by atoms with Crippen molar-refractivity contribution in [3.63, 3.8) is 0 Å². The third-order valence-corrected chi connectivity index (χ3v) is 8.43. The van der Waals surface area contributed by atoms with Crippen LogP contribution in [0.25, 0.3) is 0 Å². The van der Waals surface area contributed by atoms with Gasteiger partial charge in [-0.1, -0.05) is 68.8 Å². The first-order valence-corrected chi connectivity index (χ1v) is 12.8. The number of hydrogen-bond acceptors (Lipinski definition) is 4. The van der Waals surface area contributed by atoms with Crippen molar-refractivity contribution in [2.45, 2.75) is 62.7 Å². The highest BCUT2D eigenvalue weighted by Gasteiger charge is 2.57. The molecule has 3 amide bonds. The van der Waals surface area contributed by atoms with E-state index < -0.39 is 16.8 Å². The molecule has 2 aromatic carbocycles. The molecule has 2 aliphatic rings. The van der Waals surface area contributed by atoms with Crippen molar-refractivity contribution < 1.29 is 14.4 Å². The van der Waals surface area contributed by atoms with E-state index in [9.17, 15) is 14.4 Å². The summed E-state index contributed by atoms with van der Waals surface area (Å²) in [5.41, 5.74) is 2.76. The highest BCUT2D eigenvalue weighted by molar-refractivity contribution is 8.01. The van der Waals surface area contributed by atoms with Gasteiger partial charge in [0.15, 0.2) is 0 Å².